The third-order valence-corrected chi connectivity index (χ3v) is 3.23. The first-order valence-electron chi connectivity index (χ1n) is 7.39. The lowest BCUT2D eigenvalue weighted by molar-refractivity contribution is -0.120. The summed E-state index contributed by atoms with van der Waals surface area (Å²) in [5, 5.41) is 5.58. The predicted octanol–water partition coefficient (Wildman–Crippen LogP) is 2.70. The number of rotatable bonds is 7. The second-order valence-corrected chi connectivity index (χ2v) is 5.45. The molecule has 0 aliphatic heterocycles. The van der Waals surface area contributed by atoms with Crippen molar-refractivity contribution in [1.29, 1.82) is 0 Å². The molecule has 5 nitrogen and oxygen atoms in total. The Hall–Kier alpha value is -1.59. The van der Waals surface area contributed by atoms with Gasteiger partial charge in [-0.05, 0) is 44.0 Å². The van der Waals surface area contributed by atoms with Gasteiger partial charge in [0.2, 0.25) is 5.91 Å². The highest BCUT2D eigenvalue weighted by Crippen LogP contribution is 2.14. The number of hydrogen-bond donors (Lipinski definition) is 3. The van der Waals surface area contributed by atoms with E-state index < -0.39 is 5.54 Å². The average molecular weight is 328 g/mol. The number of halogens is 1. The van der Waals surface area contributed by atoms with Gasteiger partial charge < -0.3 is 16.4 Å². The summed E-state index contributed by atoms with van der Waals surface area (Å²) in [5.41, 5.74) is 6.31. The first-order valence-corrected chi connectivity index (χ1v) is 7.39. The van der Waals surface area contributed by atoms with Crippen LogP contribution in [0.4, 0.5) is 5.69 Å². The van der Waals surface area contributed by atoms with E-state index in [1.165, 1.54) is 0 Å². The molecule has 0 aromatic heterocycles. The van der Waals surface area contributed by atoms with Crippen LogP contribution in [0.25, 0.3) is 0 Å². The predicted molar refractivity (Wildman–Crippen MR) is 92.4 cm³/mol. The van der Waals surface area contributed by atoms with E-state index in [9.17, 15) is 9.59 Å². The van der Waals surface area contributed by atoms with Crippen molar-refractivity contribution in [2.24, 2.45) is 5.73 Å². The summed E-state index contributed by atoms with van der Waals surface area (Å²) in [7, 11) is 0. The Morgan fingerprint density at radius 2 is 1.73 bits per heavy atom. The van der Waals surface area contributed by atoms with E-state index in [4.69, 9.17) is 5.73 Å². The zero-order valence-corrected chi connectivity index (χ0v) is 14.3. The molecule has 1 unspecified atom stereocenters. The Morgan fingerprint density at radius 3 is 2.23 bits per heavy atom. The minimum Gasteiger partial charge on any atom is -0.352 e. The molecule has 22 heavy (non-hydrogen) atoms. The summed E-state index contributed by atoms with van der Waals surface area (Å²) >= 11 is 0. The van der Waals surface area contributed by atoms with E-state index in [0.29, 0.717) is 24.2 Å². The van der Waals surface area contributed by atoms with Gasteiger partial charge in [0.1, 0.15) is 0 Å². The average Bonchev–Trinajstić information content (AvgIpc) is 2.45. The molecule has 0 bridgehead atoms. The fourth-order valence-corrected chi connectivity index (χ4v) is 1.95. The second kappa shape index (κ2) is 9.43. The third kappa shape index (κ3) is 6.03. The van der Waals surface area contributed by atoms with Gasteiger partial charge in [-0.15, -0.1) is 12.4 Å². The number of anilines is 1. The van der Waals surface area contributed by atoms with Gasteiger partial charge in [0, 0.05) is 17.8 Å². The molecule has 0 spiro atoms. The minimum absolute atomic E-state index is 0. The van der Waals surface area contributed by atoms with Gasteiger partial charge in [-0.2, -0.15) is 0 Å². The summed E-state index contributed by atoms with van der Waals surface area (Å²) < 4.78 is 0. The normalized spacial score (nSPS) is 12.7. The summed E-state index contributed by atoms with van der Waals surface area (Å²) in [4.78, 5) is 23.8. The zero-order chi connectivity index (χ0) is 15.9. The Morgan fingerprint density at radius 1 is 1.14 bits per heavy atom. The van der Waals surface area contributed by atoms with Crippen molar-refractivity contribution in [2.45, 2.75) is 45.6 Å². The molecule has 0 fully saturated rings. The van der Waals surface area contributed by atoms with Crippen molar-refractivity contribution in [3.63, 3.8) is 0 Å². The van der Waals surface area contributed by atoms with Crippen molar-refractivity contribution >= 4 is 29.9 Å². The number of amides is 2. The third-order valence-electron chi connectivity index (χ3n) is 3.23. The summed E-state index contributed by atoms with van der Waals surface area (Å²) in [6.07, 6.45) is 2.36. The maximum atomic E-state index is 12.1. The van der Waals surface area contributed by atoms with Gasteiger partial charge in [0.25, 0.3) is 5.91 Å². The van der Waals surface area contributed by atoms with Crippen LogP contribution in [0.1, 0.15) is 50.4 Å². The smallest absolute Gasteiger partial charge is 0.251 e. The molecular weight excluding hydrogens is 302 g/mol. The molecular formula is C16H26ClN3O2. The van der Waals surface area contributed by atoms with Gasteiger partial charge in [-0.25, -0.2) is 0 Å². The zero-order valence-electron chi connectivity index (χ0n) is 13.4. The highest BCUT2D eigenvalue weighted by molar-refractivity contribution is 5.98. The van der Waals surface area contributed by atoms with Crippen molar-refractivity contribution in [3.8, 4) is 0 Å². The van der Waals surface area contributed by atoms with Crippen LogP contribution in [0.2, 0.25) is 0 Å². The lowest BCUT2D eigenvalue weighted by atomic mass is 9.96. The van der Waals surface area contributed by atoms with Crippen molar-refractivity contribution in [3.05, 3.63) is 29.8 Å². The van der Waals surface area contributed by atoms with E-state index in [2.05, 4.69) is 10.6 Å². The van der Waals surface area contributed by atoms with Gasteiger partial charge >= 0.3 is 0 Å². The molecule has 0 aliphatic rings. The van der Waals surface area contributed by atoms with Crippen LogP contribution in [-0.4, -0.2) is 23.9 Å². The van der Waals surface area contributed by atoms with Gasteiger partial charge in [0.15, 0.2) is 0 Å². The second-order valence-electron chi connectivity index (χ2n) is 5.45. The highest BCUT2D eigenvalue weighted by Gasteiger charge is 2.27. The number of nitrogens with two attached hydrogens (primary N) is 1. The number of nitrogens with one attached hydrogen (secondary N) is 2. The fraction of sp³-hybridized carbons (Fsp3) is 0.500. The van der Waals surface area contributed by atoms with Gasteiger partial charge in [-0.1, -0.05) is 20.3 Å². The molecule has 1 rings (SSSR count). The quantitative estimate of drug-likeness (QED) is 0.720. The van der Waals surface area contributed by atoms with E-state index in [1.807, 2.05) is 13.8 Å². The molecule has 1 aromatic carbocycles. The Kier molecular flexibility index (Phi) is 8.75. The standard InChI is InChI=1S/C16H25N3O2.ClH/c1-4-10-16(3,17)15(21)19-13-8-6-12(7-9-13)14(20)18-11-5-2;/h6-9H,4-5,10-11,17H2,1-3H3,(H,18,20)(H,19,21);1H. The van der Waals surface area contributed by atoms with Crippen LogP contribution >= 0.6 is 12.4 Å². The van der Waals surface area contributed by atoms with Crippen LogP contribution in [0.3, 0.4) is 0 Å². The summed E-state index contributed by atoms with van der Waals surface area (Å²) in [5.74, 6) is -0.322. The van der Waals surface area contributed by atoms with Crippen LogP contribution in [0, 0.1) is 0 Å². The maximum Gasteiger partial charge on any atom is 0.251 e. The highest BCUT2D eigenvalue weighted by atomic mass is 35.5. The van der Waals surface area contributed by atoms with Crippen LogP contribution < -0.4 is 16.4 Å². The largest absolute Gasteiger partial charge is 0.352 e. The first kappa shape index (κ1) is 20.4. The number of carbonyl (C=O) groups is 2. The Bertz CT molecular complexity index is 487. The maximum absolute atomic E-state index is 12.1. The molecule has 0 radical (unpaired) electrons. The molecule has 6 heteroatoms. The monoisotopic (exact) mass is 327 g/mol. The van der Waals surface area contributed by atoms with E-state index in [1.54, 1.807) is 31.2 Å². The first-order chi connectivity index (χ1) is 9.90. The Balaban J connectivity index is 0.00000441. The number of hydrogen-bond acceptors (Lipinski definition) is 3. The molecule has 2 amide bonds. The molecule has 0 saturated carbocycles. The lowest BCUT2D eigenvalue weighted by Gasteiger charge is -2.22. The lowest BCUT2D eigenvalue weighted by Crippen LogP contribution is -2.48. The topological polar surface area (TPSA) is 84.2 Å². The van der Waals surface area contributed by atoms with Crippen LogP contribution in [0.15, 0.2) is 24.3 Å². The van der Waals surface area contributed by atoms with Gasteiger partial charge in [-0.3, -0.25) is 9.59 Å². The minimum atomic E-state index is -0.883. The molecule has 0 aliphatic carbocycles. The van der Waals surface area contributed by atoms with E-state index in [-0.39, 0.29) is 24.2 Å². The number of benzene rings is 1. The van der Waals surface area contributed by atoms with Crippen molar-refractivity contribution in [1.82, 2.24) is 5.32 Å². The van der Waals surface area contributed by atoms with Crippen LogP contribution in [0.5, 0.6) is 0 Å². The fourth-order valence-electron chi connectivity index (χ4n) is 1.95. The van der Waals surface area contributed by atoms with Crippen molar-refractivity contribution in [2.75, 3.05) is 11.9 Å². The molecule has 0 heterocycles. The SMILES string of the molecule is CCCNC(=O)c1ccc(NC(=O)C(C)(N)CCC)cc1.Cl. The summed E-state index contributed by atoms with van der Waals surface area (Å²) in [6, 6.07) is 6.80. The van der Waals surface area contributed by atoms with Crippen LogP contribution in [-0.2, 0) is 4.79 Å². The molecule has 124 valence electrons. The van der Waals surface area contributed by atoms with Gasteiger partial charge in [0.05, 0.1) is 5.54 Å². The Labute approximate surface area is 138 Å². The molecule has 0 saturated heterocycles. The van der Waals surface area contributed by atoms with Crippen molar-refractivity contribution < 1.29 is 9.59 Å². The molecule has 4 N–H and O–H groups in total. The van der Waals surface area contributed by atoms with E-state index in [0.717, 1.165) is 12.8 Å². The molecule has 1 atom stereocenters. The van der Waals surface area contributed by atoms with E-state index >= 15 is 0 Å². The number of carbonyl (C=O) groups excluding carboxylic acids is 2. The summed E-state index contributed by atoms with van der Waals surface area (Å²) in [6.45, 7) is 6.36. The molecule has 1 aromatic rings.